The summed E-state index contributed by atoms with van der Waals surface area (Å²) >= 11 is 1.52. The number of aromatic nitrogens is 2. The van der Waals surface area contributed by atoms with Crippen LogP contribution in [-0.4, -0.2) is 28.6 Å². The summed E-state index contributed by atoms with van der Waals surface area (Å²) in [7, 11) is 0. The van der Waals surface area contributed by atoms with Crippen LogP contribution in [0.4, 0.5) is 5.69 Å². The summed E-state index contributed by atoms with van der Waals surface area (Å²) in [4.78, 5) is 26.3. The van der Waals surface area contributed by atoms with Gasteiger partial charge in [-0.05, 0) is 55.2 Å². The lowest BCUT2D eigenvalue weighted by molar-refractivity contribution is -0.115. The zero-order valence-corrected chi connectivity index (χ0v) is 16.3. The standard InChI is InChI=1S/C20H20N4O3S/c1-2-18-23-24-20(27-18)12-6-8-14(9-7-12)22-17(25)11-21-19(26)16-10-13-4-3-5-15(13)28-16/h6-10H,2-5,11H2,1H3,(H,21,26)(H,22,25). The van der Waals surface area contributed by atoms with Gasteiger partial charge in [-0.15, -0.1) is 21.5 Å². The number of nitrogens with zero attached hydrogens (tertiary/aromatic N) is 2. The Labute approximate surface area is 166 Å². The number of carbonyl (C=O) groups is 2. The number of benzene rings is 1. The number of amides is 2. The minimum Gasteiger partial charge on any atom is -0.421 e. The van der Waals surface area contributed by atoms with Crippen molar-refractivity contribution in [2.24, 2.45) is 0 Å². The maximum absolute atomic E-state index is 12.2. The van der Waals surface area contributed by atoms with Crippen LogP contribution in [0, 0.1) is 0 Å². The number of thiophene rings is 1. The fourth-order valence-electron chi connectivity index (χ4n) is 3.10. The molecule has 0 saturated carbocycles. The normalized spacial score (nSPS) is 12.6. The summed E-state index contributed by atoms with van der Waals surface area (Å²) < 4.78 is 5.51. The number of anilines is 1. The van der Waals surface area contributed by atoms with E-state index >= 15 is 0 Å². The predicted molar refractivity (Wildman–Crippen MR) is 106 cm³/mol. The maximum atomic E-state index is 12.2. The van der Waals surface area contributed by atoms with Crippen LogP contribution >= 0.6 is 11.3 Å². The molecule has 1 aliphatic rings. The van der Waals surface area contributed by atoms with Gasteiger partial charge in [0.05, 0.1) is 11.4 Å². The molecule has 2 N–H and O–H groups in total. The molecule has 0 radical (unpaired) electrons. The molecule has 8 heteroatoms. The van der Waals surface area contributed by atoms with E-state index in [-0.39, 0.29) is 18.4 Å². The minimum atomic E-state index is -0.281. The van der Waals surface area contributed by atoms with Gasteiger partial charge < -0.3 is 15.1 Å². The third kappa shape index (κ3) is 3.96. The van der Waals surface area contributed by atoms with E-state index in [9.17, 15) is 9.59 Å². The van der Waals surface area contributed by atoms with Gasteiger partial charge in [0.2, 0.25) is 17.7 Å². The Morgan fingerprint density at radius 2 is 2.00 bits per heavy atom. The van der Waals surface area contributed by atoms with Crippen molar-refractivity contribution in [3.8, 4) is 11.5 Å². The minimum absolute atomic E-state index is 0.0767. The summed E-state index contributed by atoms with van der Waals surface area (Å²) in [5, 5.41) is 13.4. The molecular weight excluding hydrogens is 376 g/mol. The van der Waals surface area contributed by atoms with Crippen molar-refractivity contribution in [3.05, 3.63) is 51.5 Å². The van der Waals surface area contributed by atoms with Crippen LogP contribution in [0.15, 0.2) is 34.7 Å². The molecule has 144 valence electrons. The Hall–Kier alpha value is -3.00. The van der Waals surface area contributed by atoms with Crippen LogP contribution in [0.2, 0.25) is 0 Å². The molecule has 2 aromatic heterocycles. The van der Waals surface area contributed by atoms with Crippen molar-refractivity contribution in [1.29, 1.82) is 0 Å². The molecule has 1 aromatic carbocycles. The quantitative estimate of drug-likeness (QED) is 0.667. The number of nitrogens with one attached hydrogen (secondary N) is 2. The Kier molecular flexibility index (Phi) is 5.21. The van der Waals surface area contributed by atoms with Crippen molar-refractivity contribution in [2.75, 3.05) is 11.9 Å². The van der Waals surface area contributed by atoms with Crippen LogP contribution in [0.1, 0.15) is 39.3 Å². The number of rotatable bonds is 6. The molecule has 0 bridgehead atoms. The van der Waals surface area contributed by atoms with Crippen LogP contribution in [-0.2, 0) is 24.1 Å². The topological polar surface area (TPSA) is 97.1 Å². The lowest BCUT2D eigenvalue weighted by Crippen LogP contribution is -2.32. The predicted octanol–water partition coefficient (Wildman–Crippen LogP) is 3.22. The van der Waals surface area contributed by atoms with Gasteiger partial charge in [-0.2, -0.15) is 0 Å². The lowest BCUT2D eigenvalue weighted by Gasteiger charge is -2.07. The van der Waals surface area contributed by atoms with Crippen LogP contribution in [0.25, 0.3) is 11.5 Å². The Morgan fingerprint density at radius 1 is 1.18 bits per heavy atom. The number of hydrogen-bond acceptors (Lipinski definition) is 6. The highest BCUT2D eigenvalue weighted by Crippen LogP contribution is 2.30. The molecule has 4 rings (SSSR count). The second kappa shape index (κ2) is 7.93. The molecule has 0 saturated heterocycles. The van der Waals surface area contributed by atoms with E-state index in [0.717, 1.165) is 24.8 Å². The van der Waals surface area contributed by atoms with E-state index in [2.05, 4.69) is 20.8 Å². The van der Waals surface area contributed by atoms with E-state index in [1.54, 1.807) is 24.3 Å². The van der Waals surface area contributed by atoms with Crippen molar-refractivity contribution in [1.82, 2.24) is 15.5 Å². The molecule has 0 unspecified atom stereocenters. The summed E-state index contributed by atoms with van der Waals surface area (Å²) in [6, 6.07) is 9.06. The fraction of sp³-hybridized carbons (Fsp3) is 0.300. The molecule has 7 nitrogen and oxygen atoms in total. The highest BCUT2D eigenvalue weighted by molar-refractivity contribution is 7.14. The van der Waals surface area contributed by atoms with E-state index < -0.39 is 0 Å². The SMILES string of the molecule is CCc1nnc(-c2ccc(NC(=O)CNC(=O)c3cc4c(s3)CCC4)cc2)o1. The van der Waals surface area contributed by atoms with E-state index in [1.807, 2.05) is 13.0 Å². The van der Waals surface area contributed by atoms with Crippen LogP contribution in [0.3, 0.4) is 0 Å². The van der Waals surface area contributed by atoms with Gasteiger partial charge in [-0.25, -0.2) is 0 Å². The van der Waals surface area contributed by atoms with E-state index in [4.69, 9.17) is 4.42 Å². The average molecular weight is 396 g/mol. The molecule has 2 amide bonds. The Balaban J connectivity index is 1.30. The van der Waals surface area contributed by atoms with Crippen molar-refractivity contribution < 1.29 is 14.0 Å². The number of hydrogen-bond donors (Lipinski definition) is 2. The molecule has 28 heavy (non-hydrogen) atoms. The Bertz CT molecular complexity index is 985. The fourth-order valence-corrected chi connectivity index (χ4v) is 4.27. The molecular formula is C20H20N4O3S. The van der Waals surface area contributed by atoms with Crippen molar-refractivity contribution in [3.63, 3.8) is 0 Å². The smallest absolute Gasteiger partial charge is 0.261 e. The van der Waals surface area contributed by atoms with Crippen LogP contribution in [0.5, 0.6) is 0 Å². The van der Waals surface area contributed by atoms with Gasteiger partial charge in [0.25, 0.3) is 5.91 Å². The first kappa shape index (κ1) is 18.4. The molecule has 0 spiro atoms. The highest BCUT2D eigenvalue weighted by Gasteiger charge is 2.18. The molecule has 3 aromatic rings. The molecule has 0 aliphatic heterocycles. The molecule has 0 atom stereocenters. The van der Waals surface area contributed by atoms with Gasteiger partial charge in [0.1, 0.15) is 0 Å². The summed E-state index contributed by atoms with van der Waals surface area (Å²) in [5.41, 5.74) is 2.68. The average Bonchev–Trinajstić information content (AvgIpc) is 3.42. The number of fused-ring (bicyclic) bond motifs is 1. The summed E-state index contributed by atoms with van der Waals surface area (Å²) in [5.74, 6) is 0.549. The van der Waals surface area contributed by atoms with E-state index in [0.29, 0.717) is 28.8 Å². The first-order valence-corrected chi connectivity index (χ1v) is 10.1. The summed E-state index contributed by atoms with van der Waals surface area (Å²) in [6.07, 6.45) is 3.93. The second-order valence-corrected chi connectivity index (χ2v) is 7.71. The summed E-state index contributed by atoms with van der Waals surface area (Å²) in [6.45, 7) is 1.87. The van der Waals surface area contributed by atoms with Gasteiger partial charge >= 0.3 is 0 Å². The first-order chi connectivity index (χ1) is 13.6. The molecule has 2 heterocycles. The van der Waals surface area contributed by atoms with Gasteiger partial charge in [0.15, 0.2) is 0 Å². The maximum Gasteiger partial charge on any atom is 0.261 e. The van der Waals surface area contributed by atoms with Crippen LogP contribution < -0.4 is 10.6 Å². The molecule has 1 aliphatic carbocycles. The monoisotopic (exact) mass is 396 g/mol. The third-order valence-corrected chi connectivity index (χ3v) is 5.80. The number of aryl methyl sites for hydroxylation is 3. The second-order valence-electron chi connectivity index (χ2n) is 6.58. The largest absolute Gasteiger partial charge is 0.421 e. The van der Waals surface area contributed by atoms with Crippen molar-refractivity contribution >= 4 is 28.8 Å². The van der Waals surface area contributed by atoms with Gasteiger partial charge in [0, 0.05) is 22.5 Å². The van der Waals surface area contributed by atoms with Crippen molar-refractivity contribution in [2.45, 2.75) is 32.6 Å². The number of carbonyl (C=O) groups excluding carboxylic acids is 2. The zero-order chi connectivity index (χ0) is 19.5. The lowest BCUT2D eigenvalue weighted by atomic mass is 10.2. The molecule has 0 fully saturated rings. The highest BCUT2D eigenvalue weighted by atomic mass is 32.1. The van der Waals surface area contributed by atoms with Gasteiger partial charge in [-0.1, -0.05) is 6.92 Å². The third-order valence-electron chi connectivity index (χ3n) is 4.56. The van der Waals surface area contributed by atoms with Gasteiger partial charge in [-0.3, -0.25) is 9.59 Å². The van der Waals surface area contributed by atoms with E-state index in [1.165, 1.54) is 21.8 Å². The zero-order valence-electron chi connectivity index (χ0n) is 15.4. The first-order valence-electron chi connectivity index (χ1n) is 9.25. The Morgan fingerprint density at radius 3 is 2.71 bits per heavy atom.